The molecule has 2 aromatic carbocycles. The smallest absolute Gasteiger partial charge is 0.416 e. The third-order valence-electron chi connectivity index (χ3n) is 5.23. The Kier molecular flexibility index (Phi) is 13.9. The van der Waals surface area contributed by atoms with E-state index in [4.69, 9.17) is 33.9 Å². The molecule has 1 saturated heterocycles. The maximum atomic E-state index is 12.8. The summed E-state index contributed by atoms with van der Waals surface area (Å²) in [6.45, 7) is 4.96. The van der Waals surface area contributed by atoms with Gasteiger partial charge in [0.1, 0.15) is 18.1 Å². The lowest BCUT2D eigenvalue weighted by Gasteiger charge is -2.36. The minimum Gasteiger partial charge on any atom is -0.488 e. The van der Waals surface area contributed by atoms with Crippen LogP contribution in [0.5, 0.6) is 11.5 Å². The highest BCUT2D eigenvalue weighted by Crippen LogP contribution is 2.33. The van der Waals surface area contributed by atoms with Crippen LogP contribution in [-0.2, 0) is 25.2 Å². The Morgan fingerprint density at radius 1 is 1.05 bits per heavy atom. The lowest BCUT2D eigenvalue weighted by atomic mass is 10.2. The number of hydrogen-bond donors (Lipinski definition) is 2. The largest absolute Gasteiger partial charge is 0.488 e. The molecule has 39 heavy (non-hydrogen) atoms. The molecule has 0 atom stereocenters. The van der Waals surface area contributed by atoms with Crippen LogP contribution in [0.2, 0.25) is 0 Å². The van der Waals surface area contributed by atoms with Gasteiger partial charge in [-0.3, -0.25) is 0 Å². The van der Waals surface area contributed by atoms with Gasteiger partial charge in [0.05, 0.1) is 31.1 Å². The van der Waals surface area contributed by atoms with E-state index in [1.165, 1.54) is 23.9 Å². The number of thioether (sulfide) groups is 1. The van der Waals surface area contributed by atoms with Crippen LogP contribution in [-0.4, -0.2) is 74.0 Å². The van der Waals surface area contributed by atoms with Crippen LogP contribution in [0.25, 0.3) is 0 Å². The fourth-order valence-corrected chi connectivity index (χ4v) is 4.30. The van der Waals surface area contributed by atoms with Gasteiger partial charge >= 0.3 is 12.1 Å². The van der Waals surface area contributed by atoms with E-state index in [9.17, 15) is 18.0 Å². The predicted molar refractivity (Wildman–Crippen MR) is 139 cm³/mol. The molecule has 12 heteroatoms. The number of aryl methyl sites for hydroxylation is 1. The highest BCUT2D eigenvalue weighted by molar-refractivity contribution is 7.99. The van der Waals surface area contributed by atoms with Gasteiger partial charge in [-0.15, -0.1) is 11.8 Å². The zero-order valence-corrected chi connectivity index (χ0v) is 22.8. The molecule has 0 bridgehead atoms. The second kappa shape index (κ2) is 16.6. The monoisotopic (exact) mass is 576 g/mol. The Labute approximate surface area is 230 Å². The molecule has 218 valence electrons. The number of halogens is 3. The van der Waals surface area contributed by atoms with Gasteiger partial charge in [-0.1, -0.05) is 0 Å². The van der Waals surface area contributed by atoms with Gasteiger partial charge < -0.3 is 33.9 Å². The zero-order chi connectivity index (χ0) is 28.7. The molecule has 1 heterocycles. The van der Waals surface area contributed by atoms with Crippen LogP contribution in [0.4, 0.5) is 13.2 Å². The summed E-state index contributed by atoms with van der Waals surface area (Å²) >= 11 is 1.50. The first-order valence-electron chi connectivity index (χ1n) is 12.4. The molecule has 1 fully saturated rings. The number of benzene rings is 2. The maximum Gasteiger partial charge on any atom is 0.416 e. The molecule has 0 aromatic heterocycles. The van der Waals surface area contributed by atoms with Crippen molar-refractivity contribution in [3.8, 4) is 11.5 Å². The molecule has 0 radical (unpaired) electrons. The number of carbonyl (C=O) groups is 1. The summed E-state index contributed by atoms with van der Waals surface area (Å²) in [5.74, 6) is -0.159. The average Bonchev–Trinajstić information content (AvgIpc) is 2.92. The third-order valence-corrected chi connectivity index (χ3v) is 6.40. The minimum atomic E-state index is -4.40. The molecular weight excluding hydrogens is 541 g/mol. The summed E-state index contributed by atoms with van der Waals surface area (Å²) in [6, 6.07) is 10.1. The lowest BCUT2D eigenvalue weighted by molar-refractivity contribution is -0.263. The molecule has 0 amide bonds. The van der Waals surface area contributed by atoms with Crippen molar-refractivity contribution in [1.29, 1.82) is 0 Å². The van der Waals surface area contributed by atoms with Gasteiger partial charge in [0.15, 0.2) is 6.61 Å². The van der Waals surface area contributed by atoms with E-state index in [-0.39, 0.29) is 26.4 Å². The van der Waals surface area contributed by atoms with Gasteiger partial charge in [0, 0.05) is 18.1 Å². The maximum absolute atomic E-state index is 12.8. The van der Waals surface area contributed by atoms with E-state index in [1.807, 2.05) is 19.1 Å². The number of aliphatic hydroxyl groups excluding tert-OH is 2. The van der Waals surface area contributed by atoms with Crippen LogP contribution in [0, 0.1) is 6.92 Å². The SMILES string of the molecule is CCOC(=O)COc1ccc(SCC2(COc3ccc(C(F)(F)F)cc3)OCCCO2)cc1C.OCCCO. The molecule has 2 N–H and O–H groups in total. The van der Waals surface area contributed by atoms with Gasteiger partial charge in [0.2, 0.25) is 5.79 Å². The molecule has 3 rings (SSSR count). The quantitative estimate of drug-likeness (QED) is 0.277. The Balaban J connectivity index is 0.000000976. The average molecular weight is 577 g/mol. The normalized spacial score (nSPS) is 14.6. The standard InChI is InChI=1S/C24H27F3O6S.C3H8O2/c1-3-29-22(28)14-30-21-10-9-20(13-17(21)2)34-16-23(32-11-4-12-33-23)15-31-19-7-5-18(6-8-19)24(25,26)27;4-2-1-3-5/h5-10,13H,3-4,11-12,14-16H2,1-2H3;4-5H,1-3H2. The predicted octanol–water partition coefficient (Wildman–Crippen LogP) is 4.62. The van der Waals surface area contributed by atoms with Crippen LogP contribution in [0.1, 0.15) is 30.9 Å². The number of rotatable bonds is 12. The van der Waals surface area contributed by atoms with Gasteiger partial charge in [-0.05, 0) is 74.7 Å². The summed E-state index contributed by atoms with van der Waals surface area (Å²) in [4.78, 5) is 12.4. The Hall–Kier alpha value is -2.51. The van der Waals surface area contributed by atoms with Crippen molar-refractivity contribution >= 4 is 17.7 Å². The zero-order valence-electron chi connectivity index (χ0n) is 22.0. The van der Waals surface area contributed by atoms with E-state index in [1.54, 1.807) is 13.0 Å². The number of ether oxygens (including phenoxy) is 5. The molecule has 1 aliphatic heterocycles. The molecule has 1 aliphatic rings. The Morgan fingerprint density at radius 3 is 2.26 bits per heavy atom. The first kappa shape index (κ1) is 32.7. The van der Waals surface area contributed by atoms with Gasteiger partial charge in [-0.25, -0.2) is 4.79 Å². The first-order chi connectivity index (χ1) is 18.6. The van der Waals surface area contributed by atoms with E-state index < -0.39 is 23.5 Å². The van der Waals surface area contributed by atoms with Crippen molar-refractivity contribution in [2.24, 2.45) is 0 Å². The van der Waals surface area contributed by atoms with E-state index in [2.05, 4.69) is 0 Å². The van der Waals surface area contributed by atoms with Gasteiger partial charge in [0.25, 0.3) is 0 Å². The molecule has 0 spiro atoms. The number of aliphatic hydroxyl groups is 2. The van der Waals surface area contributed by atoms with Crippen molar-refractivity contribution < 1.29 is 51.9 Å². The second-order valence-corrected chi connectivity index (χ2v) is 9.43. The van der Waals surface area contributed by atoms with E-state index in [0.29, 0.717) is 43.5 Å². The highest BCUT2D eigenvalue weighted by Gasteiger charge is 2.36. The van der Waals surface area contributed by atoms with Crippen LogP contribution < -0.4 is 9.47 Å². The van der Waals surface area contributed by atoms with Crippen LogP contribution in [0.3, 0.4) is 0 Å². The van der Waals surface area contributed by atoms with E-state index in [0.717, 1.165) is 29.0 Å². The minimum absolute atomic E-state index is 0.0328. The van der Waals surface area contributed by atoms with Crippen LogP contribution >= 0.6 is 11.8 Å². The first-order valence-corrected chi connectivity index (χ1v) is 13.4. The number of alkyl halides is 3. The number of esters is 1. The fourth-order valence-electron chi connectivity index (χ4n) is 3.24. The van der Waals surface area contributed by atoms with Crippen molar-refractivity contribution in [1.82, 2.24) is 0 Å². The molecule has 2 aromatic rings. The van der Waals surface area contributed by atoms with Crippen molar-refractivity contribution in [3.05, 3.63) is 53.6 Å². The molecule has 0 saturated carbocycles. The lowest BCUT2D eigenvalue weighted by Crippen LogP contribution is -2.48. The summed E-state index contributed by atoms with van der Waals surface area (Å²) in [7, 11) is 0. The number of hydrogen-bond acceptors (Lipinski definition) is 9. The molecule has 8 nitrogen and oxygen atoms in total. The van der Waals surface area contributed by atoms with Crippen molar-refractivity contribution in [2.45, 2.75) is 43.5 Å². The topological polar surface area (TPSA) is 104 Å². The van der Waals surface area contributed by atoms with E-state index >= 15 is 0 Å². The molecule has 0 aliphatic carbocycles. The third kappa shape index (κ3) is 11.6. The highest BCUT2D eigenvalue weighted by atomic mass is 32.2. The summed E-state index contributed by atoms with van der Waals surface area (Å²) in [6.07, 6.45) is -3.15. The van der Waals surface area contributed by atoms with Crippen LogP contribution in [0.15, 0.2) is 47.4 Å². The van der Waals surface area contributed by atoms with Gasteiger partial charge in [-0.2, -0.15) is 13.2 Å². The molecular formula is C27H35F3O8S. The Morgan fingerprint density at radius 2 is 1.72 bits per heavy atom. The number of carbonyl (C=O) groups excluding carboxylic acids is 1. The van der Waals surface area contributed by atoms with Crippen molar-refractivity contribution in [3.63, 3.8) is 0 Å². The molecule has 0 unspecified atom stereocenters. The Bertz CT molecular complexity index is 994. The fraction of sp³-hybridized carbons (Fsp3) is 0.519. The summed E-state index contributed by atoms with van der Waals surface area (Å²) < 4.78 is 66.2. The summed E-state index contributed by atoms with van der Waals surface area (Å²) in [5, 5.41) is 15.8. The second-order valence-electron chi connectivity index (χ2n) is 8.38. The summed E-state index contributed by atoms with van der Waals surface area (Å²) in [5.41, 5.74) is 0.121. The van der Waals surface area contributed by atoms with Crippen molar-refractivity contribution in [2.75, 3.05) is 52.0 Å².